The van der Waals surface area contributed by atoms with Gasteiger partial charge in [-0.3, -0.25) is 14.2 Å². The van der Waals surface area contributed by atoms with E-state index in [1.165, 1.54) is 0 Å². The van der Waals surface area contributed by atoms with E-state index in [0.29, 0.717) is 16.3 Å². The molecule has 2 heterocycles. The van der Waals surface area contributed by atoms with E-state index in [-0.39, 0.29) is 42.2 Å². The second-order valence-corrected chi connectivity index (χ2v) is 10.5. The van der Waals surface area contributed by atoms with Gasteiger partial charge in [-0.05, 0) is 56.4 Å². The predicted octanol–water partition coefficient (Wildman–Crippen LogP) is 3.95. The molecule has 1 aromatic carbocycles. The van der Waals surface area contributed by atoms with Gasteiger partial charge in [0.25, 0.3) is 5.91 Å². The largest absolute Gasteiger partial charge is 0.522 e. The van der Waals surface area contributed by atoms with Gasteiger partial charge >= 0.3 is 6.36 Å². The number of aliphatic hydroxyl groups excluding tert-OH is 1. The first-order valence-electron chi connectivity index (χ1n) is 11.3. The summed E-state index contributed by atoms with van der Waals surface area (Å²) in [4.78, 5) is 12.9. The van der Waals surface area contributed by atoms with Crippen LogP contribution in [0, 0.1) is 0 Å². The number of hydrogen-bond acceptors (Lipinski definition) is 5. The highest BCUT2D eigenvalue weighted by atomic mass is 35.5. The summed E-state index contributed by atoms with van der Waals surface area (Å²) in [6.45, 7) is 0. The average molecular weight is 498 g/mol. The van der Waals surface area contributed by atoms with E-state index in [4.69, 9.17) is 16.3 Å². The number of nitrogens with zero attached hydrogens (tertiary/aromatic N) is 2. The van der Waals surface area contributed by atoms with Gasteiger partial charge in [0.15, 0.2) is 6.10 Å². The van der Waals surface area contributed by atoms with Gasteiger partial charge in [0.05, 0.1) is 23.9 Å². The Labute approximate surface area is 198 Å². The van der Waals surface area contributed by atoms with Crippen molar-refractivity contribution >= 4 is 17.5 Å². The summed E-state index contributed by atoms with van der Waals surface area (Å²) in [5, 5.41) is 18.7. The minimum Gasteiger partial charge on any atom is -0.480 e. The molecule has 1 aromatic heterocycles. The smallest absolute Gasteiger partial charge is 0.480 e. The van der Waals surface area contributed by atoms with Gasteiger partial charge in [0, 0.05) is 34.2 Å². The Kier molecular flexibility index (Phi) is 4.80. The summed E-state index contributed by atoms with van der Waals surface area (Å²) in [5.41, 5.74) is 1.11. The van der Waals surface area contributed by atoms with Gasteiger partial charge in [-0.1, -0.05) is 11.6 Å². The summed E-state index contributed by atoms with van der Waals surface area (Å²) in [6.07, 6.45) is -2.19. The summed E-state index contributed by atoms with van der Waals surface area (Å²) in [6, 6.07) is 6.80. The van der Waals surface area contributed by atoms with Crippen LogP contribution in [0.5, 0.6) is 5.75 Å². The van der Waals surface area contributed by atoms with Crippen LogP contribution >= 0.6 is 11.6 Å². The van der Waals surface area contributed by atoms with E-state index >= 15 is 0 Å². The second-order valence-electron chi connectivity index (χ2n) is 10.1. The van der Waals surface area contributed by atoms with Crippen LogP contribution in [0.2, 0.25) is 5.02 Å². The number of carbonyl (C=O) groups excluding carboxylic acids is 1. The normalized spacial score (nSPS) is 35.8. The molecule has 2 aromatic rings. The van der Waals surface area contributed by atoms with Crippen LogP contribution in [0.25, 0.3) is 0 Å². The van der Waals surface area contributed by atoms with Crippen LogP contribution in [0.15, 0.2) is 30.5 Å². The maximum atomic E-state index is 12.9. The van der Waals surface area contributed by atoms with Crippen LogP contribution < -0.4 is 10.1 Å². The average Bonchev–Trinajstić information content (AvgIpc) is 3.14. The summed E-state index contributed by atoms with van der Waals surface area (Å²) in [5.74, 6) is 0.213. The molecule has 1 aliphatic heterocycles. The van der Waals surface area contributed by atoms with E-state index in [2.05, 4.69) is 15.2 Å². The first-order chi connectivity index (χ1) is 16.0. The SMILES string of the molecule is O=C(NC12CC(c3ccn(C4CC(OC(F)(F)F)C4)n3)(C1)C2)[C@H]1C[C@@H](O)c2cc(Cl)ccc2O1. The zero-order valence-electron chi connectivity index (χ0n) is 18.0. The molecule has 182 valence electrons. The van der Waals surface area contributed by atoms with Crippen molar-refractivity contribution < 1.29 is 32.5 Å². The Bertz CT molecular complexity index is 1130. The zero-order chi connectivity index (χ0) is 23.9. The van der Waals surface area contributed by atoms with Crippen molar-refractivity contribution in [1.82, 2.24) is 15.1 Å². The Morgan fingerprint density at radius 3 is 2.68 bits per heavy atom. The van der Waals surface area contributed by atoms with Crippen LogP contribution in [-0.2, 0) is 14.9 Å². The lowest BCUT2D eigenvalue weighted by molar-refractivity contribution is -0.353. The Balaban J connectivity index is 1.03. The molecule has 0 spiro atoms. The van der Waals surface area contributed by atoms with Crippen molar-refractivity contribution in [3.8, 4) is 5.75 Å². The molecule has 7 nitrogen and oxygen atoms in total. The number of ether oxygens (including phenoxy) is 2. The molecule has 4 aliphatic carbocycles. The van der Waals surface area contributed by atoms with Crippen LogP contribution in [-0.4, -0.2) is 44.9 Å². The van der Waals surface area contributed by atoms with Crippen molar-refractivity contribution in [2.45, 2.75) is 80.2 Å². The van der Waals surface area contributed by atoms with Crippen LogP contribution in [0.3, 0.4) is 0 Å². The minimum atomic E-state index is -4.60. The highest BCUT2D eigenvalue weighted by Gasteiger charge is 2.70. The number of benzene rings is 1. The van der Waals surface area contributed by atoms with E-state index in [9.17, 15) is 23.1 Å². The van der Waals surface area contributed by atoms with Crippen molar-refractivity contribution in [2.24, 2.45) is 0 Å². The quantitative estimate of drug-likeness (QED) is 0.653. The van der Waals surface area contributed by atoms with Crippen LogP contribution in [0.4, 0.5) is 13.2 Å². The zero-order valence-corrected chi connectivity index (χ0v) is 18.8. The topological polar surface area (TPSA) is 85.6 Å². The number of carbonyl (C=O) groups is 1. The van der Waals surface area contributed by atoms with Crippen LogP contribution in [0.1, 0.15) is 61.9 Å². The lowest BCUT2D eigenvalue weighted by Crippen LogP contribution is -2.77. The molecule has 4 saturated carbocycles. The third-order valence-corrected chi connectivity index (χ3v) is 7.88. The number of amides is 1. The lowest BCUT2D eigenvalue weighted by Gasteiger charge is -2.70. The molecular formula is C23H23ClF3N3O4. The van der Waals surface area contributed by atoms with Crippen molar-refractivity contribution in [3.63, 3.8) is 0 Å². The lowest BCUT2D eigenvalue weighted by atomic mass is 9.38. The molecule has 2 N–H and O–H groups in total. The van der Waals surface area contributed by atoms with Crippen molar-refractivity contribution in [3.05, 3.63) is 46.7 Å². The first-order valence-corrected chi connectivity index (χ1v) is 11.7. The Hall–Kier alpha value is -2.30. The first kappa shape index (κ1) is 22.2. The summed E-state index contributed by atoms with van der Waals surface area (Å²) < 4.78 is 48.6. The number of aromatic nitrogens is 2. The fraction of sp³-hybridized carbons (Fsp3) is 0.565. The molecule has 0 radical (unpaired) electrons. The monoisotopic (exact) mass is 497 g/mol. The molecule has 4 fully saturated rings. The summed E-state index contributed by atoms with van der Waals surface area (Å²) in [7, 11) is 0. The molecule has 0 unspecified atom stereocenters. The maximum Gasteiger partial charge on any atom is 0.522 e. The standard InChI is InChI=1S/C23H23ClF3N3O4/c24-12-1-2-17-15(5-12)16(31)8-18(33-17)20(32)28-22-9-21(10-22,11-22)19-3-4-30(29-19)13-6-14(7-13)34-23(25,26)27/h1-5,13-14,16,18,31H,6-11H2,(H,28,32)/t13?,14?,16-,18-,21?,22?/m1/s1. The van der Waals surface area contributed by atoms with E-state index in [0.717, 1.165) is 25.0 Å². The van der Waals surface area contributed by atoms with E-state index < -0.39 is 24.7 Å². The van der Waals surface area contributed by atoms with Gasteiger partial charge in [-0.15, -0.1) is 13.2 Å². The van der Waals surface area contributed by atoms with Gasteiger partial charge in [0.1, 0.15) is 5.75 Å². The fourth-order valence-electron chi connectivity index (χ4n) is 5.98. The van der Waals surface area contributed by atoms with Gasteiger partial charge in [-0.25, -0.2) is 0 Å². The molecule has 0 saturated heterocycles. The number of halogens is 4. The Morgan fingerprint density at radius 1 is 1.24 bits per heavy atom. The Morgan fingerprint density at radius 2 is 1.97 bits per heavy atom. The third kappa shape index (κ3) is 3.67. The molecule has 2 atom stereocenters. The van der Waals surface area contributed by atoms with Gasteiger partial charge in [-0.2, -0.15) is 5.10 Å². The molecule has 11 heteroatoms. The van der Waals surface area contributed by atoms with Gasteiger partial charge in [0.2, 0.25) is 0 Å². The molecule has 2 bridgehead atoms. The molecule has 1 amide bonds. The number of rotatable bonds is 5. The number of fused-ring (bicyclic) bond motifs is 1. The minimum absolute atomic E-state index is 0.0882. The van der Waals surface area contributed by atoms with Gasteiger partial charge < -0.3 is 15.2 Å². The molecule has 34 heavy (non-hydrogen) atoms. The molecular weight excluding hydrogens is 475 g/mol. The number of hydrogen-bond donors (Lipinski definition) is 2. The van der Waals surface area contributed by atoms with E-state index in [1.807, 2.05) is 12.3 Å². The van der Waals surface area contributed by atoms with Crippen molar-refractivity contribution in [1.29, 1.82) is 0 Å². The third-order valence-electron chi connectivity index (χ3n) is 7.64. The molecule has 5 aliphatic rings. The van der Waals surface area contributed by atoms with E-state index in [1.54, 1.807) is 22.9 Å². The number of alkyl halides is 3. The highest BCUT2D eigenvalue weighted by Crippen LogP contribution is 2.67. The second kappa shape index (κ2) is 7.35. The fourth-order valence-corrected chi connectivity index (χ4v) is 6.16. The van der Waals surface area contributed by atoms with Crippen molar-refractivity contribution in [2.75, 3.05) is 0 Å². The highest BCUT2D eigenvalue weighted by molar-refractivity contribution is 6.30. The predicted molar refractivity (Wildman–Crippen MR) is 113 cm³/mol. The number of nitrogens with one attached hydrogen (secondary N) is 1. The maximum absolute atomic E-state index is 12.9. The molecule has 7 rings (SSSR count). The number of aliphatic hydroxyl groups is 1. The summed E-state index contributed by atoms with van der Waals surface area (Å²) >= 11 is 5.98.